The molecule has 0 amide bonds. The molecule has 0 heterocycles. The van der Waals surface area contributed by atoms with E-state index in [1.54, 1.807) is 0 Å². The van der Waals surface area contributed by atoms with Gasteiger partial charge in [0.25, 0.3) is 0 Å². The second kappa shape index (κ2) is 7.10. The van der Waals surface area contributed by atoms with Gasteiger partial charge in [-0.05, 0) is 36.5 Å². The summed E-state index contributed by atoms with van der Waals surface area (Å²) in [6.07, 6.45) is 2.21. The second-order valence-corrected chi connectivity index (χ2v) is 4.57. The van der Waals surface area contributed by atoms with Gasteiger partial charge in [0, 0.05) is 11.1 Å². The predicted molar refractivity (Wildman–Crippen MR) is 69.7 cm³/mol. The first kappa shape index (κ1) is 14.8. The zero-order valence-electron chi connectivity index (χ0n) is 9.24. The molecule has 1 aromatic rings. The van der Waals surface area contributed by atoms with Gasteiger partial charge in [0.2, 0.25) is 0 Å². The summed E-state index contributed by atoms with van der Waals surface area (Å²) in [7, 11) is 0. The fraction of sp³-hybridized carbons (Fsp3) is 0.500. The molecular formula is C12H19Cl2N. The fourth-order valence-electron chi connectivity index (χ4n) is 1.39. The molecule has 0 unspecified atom stereocenters. The standard InChI is InChI=1S/C12H18ClN.ClH/c1-9(2)3-8-12(14)10-4-6-11(13)7-5-10;/h4-7,9,12H,3,8,14H2,1-2H3;1H/t12-;/m0./s1. The molecule has 1 nitrogen and oxygen atoms in total. The van der Waals surface area contributed by atoms with Crippen LogP contribution in [0.25, 0.3) is 0 Å². The minimum atomic E-state index is 0. The van der Waals surface area contributed by atoms with Gasteiger partial charge in [-0.2, -0.15) is 0 Å². The van der Waals surface area contributed by atoms with Gasteiger partial charge in [0.1, 0.15) is 0 Å². The molecule has 0 aliphatic heterocycles. The van der Waals surface area contributed by atoms with Gasteiger partial charge in [-0.25, -0.2) is 0 Å². The number of hydrogen-bond acceptors (Lipinski definition) is 1. The van der Waals surface area contributed by atoms with E-state index in [9.17, 15) is 0 Å². The maximum Gasteiger partial charge on any atom is 0.0406 e. The Labute approximate surface area is 103 Å². The largest absolute Gasteiger partial charge is 0.324 e. The summed E-state index contributed by atoms with van der Waals surface area (Å²) in [4.78, 5) is 0. The quantitative estimate of drug-likeness (QED) is 0.849. The highest BCUT2D eigenvalue weighted by molar-refractivity contribution is 6.30. The number of rotatable bonds is 4. The van der Waals surface area contributed by atoms with Crippen molar-refractivity contribution in [2.75, 3.05) is 0 Å². The number of benzene rings is 1. The zero-order chi connectivity index (χ0) is 10.6. The highest BCUT2D eigenvalue weighted by Crippen LogP contribution is 2.20. The van der Waals surface area contributed by atoms with E-state index in [1.165, 1.54) is 12.0 Å². The number of halogens is 2. The molecule has 0 fully saturated rings. The predicted octanol–water partition coefficient (Wildman–Crippen LogP) is 4.20. The van der Waals surface area contributed by atoms with Crippen molar-refractivity contribution < 1.29 is 0 Å². The molecule has 0 saturated heterocycles. The van der Waals surface area contributed by atoms with Crippen LogP contribution in [0.2, 0.25) is 5.02 Å². The second-order valence-electron chi connectivity index (χ2n) is 4.13. The minimum absolute atomic E-state index is 0. The fourth-order valence-corrected chi connectivity index (χ4v) is 1.52. The third-order valence-electron chi connectivity index (χ3n) is 2.35. The lowest BCUT2D eigenvalue weighted by Crippen LogP contribution is -2.10. The Hall–Kier alpha value is -0.240. The van der Waals surface area contributed by atoms with E-state index in [-0.39, 0.29) is 18.4 Å². The summed E-state index contributed by atoms with van der Waals surface area (Å²) in [5.41, 5.74) is 7.23. The van der Waals surface area contributed by atoms with Crippen molar-refractivity contribution in [2.45, 2.75) is 32.7 Å². The molecule has 2 N–H and O–H groups in total. The SMILES string of the molecule is CC(C)CC[C@H](N)c1ccc(Cl)cc1.Cl. The van der Waals surface area contributed by atoms with Crippen LogP contribution in [0.5, 0.6) is 0 Å². The highest BCUT2D eigenvalue weighted by atomic mass is 35.5. The van der Waals surface area contributed by atoms with E-state index in [1.807, 2.05) is 24.3 Å². The van der Waals surface area contributed by atoms with Crippen molar-refractivity contribution in [2.24, 2.45) is 11.7 Å². The van der Waals surface area contributed by atoms with Crippen LogP contribution in [0.3, 0.4) is 0 Å². The van der Waals surface area contributed by atoms with Crippen LogP contribution in [0.1, 0.15) is 38.3 Å². The Bertz CT molecular complexity index is 269. The summed E-state index contributed by atoms with van der Waals surface area (Å²) < 4.78 is 0. The van der Waals surface area contributed by atoms with Gasteiger partial charge >= 0.3 is 0 Å². The molecule has 1 atom stereocenters. The lowest BCUT2D eigenvalue weighted by molar-refractivity contribution is 0.507. The summed E-state index contributed by atoms with van der Waals surface area (Å²) in [6.45, 7) is 4.43. The molecule has 1 rings (SSSR count). The molecule has 3 heteroatoms. The molecule has 0 spiro atoms. The monoisotopic (exact) mass is 247 g/mol. The smallest absolute Gasteiger partial charge is 0.0406 e. The lowest BCUT2D eigenvalue weighted by atomic mass is 9.98. The third kappa shape index (κ3) is 5.41. The molecule has 0 bridgehead atoms. The molecular weight excluding hydrogens is 229 g/mol. The minimum Gasteiger partial charge on any atom is -0.324 e. The normalized spacial score (nSPS) is 12.3. The molecule has 1 aromatic carbocycles. The molecule has 0 aliphatic carbocycles. The summed E-state index contributed by atoms with van der Waals surface area (Å²) >= 11 is 5.80. The van der Waals surface area contributed by atoms with Crippen LogP contribution in [-0.2, 0) is 0 Å². The van der Waals surface area contributed by atoms with E-state index < -0.39 is 0 Å². The lowest BCUT2D eigenvalue weighted by Gasteiger charge is -2.13. The Morgan fingerprint density at radius 2 is 1.67 bits per heavy atom. The summed E-state index contributed by atoms with van der Waals surface area (Å²) in [5.74, 6) is 0.716. The first-order chi connectivity index (χ1) is 6.59. The van der Waals surface area contributed by atoms with E-state index in [2.05, 4.69) is 13.8 Å². The maximum absolute atomic E-state index is 6.05. The van der Waals surface area contributed by atoms with Gasteiger partial charge in [-0.3, -0.25) is 0 Å². The summed E-state index contributed by atoms with van der Waals surface area (Å²) in [6, 6.07) is 7.95. The Morgan fingerprint density at radius 3 is 2.13 bits per heavy atom. The number of nitrogens with two attached hydrogens (primary N) is 1. The highest BCUT2D eigenvalue weighted by Gasteiger charge is 2.06. The molecule has 0 aliphatic rings. The van der Waals surface area contributed by atoms with E-state index in [0.717, 1.165) is 11.4 Å². The average Bonchev–Trinajstić information content (AvgIpc) is 2.15. The Morgan fingerprint density at radius 1 is 1.13 bits per heavy atom. The van der Waals surface area contributed by atoms with Crippen LogP contribution in [-0.4, -0.2) is 0 Å². The molecule has 0 radical (unpaired) electrons. The third-order valence-corrected chi connectivity index (χ3v) is 2.61. The first-order valence-corrected chi connectivity index (χ1v) is 5.48. The summed E-state index contributed by atoms with van der Waals surface area (Å²) in [5, 5.41) is 0.768. The Kier molecular flexibility index (Phi) is 6.99. The van der Waals surface area contributed by atoms with Crippen LogP contribution >= 0.6 is 24.0 Å². The van der Waals surface area contributed by atoms with Gasteiger partial charge in [-0.15, -0.1) is 12.4 Å². The van der Waals surface area contributed by atoms with E-state index in [4.69, 9.17) is 17.3 Å². The van der Waals surface area contributed by atoms with Crippen molar-refractivity contribution in [1.29, 1.82) is 0 Å². The molecule has 15 heavy (non-hydrogen) atoms. The van der Waals surface area contributed by atoms with Gasteiger partial charge in [-0.1, -0.05) is 37.6 Å². The van der Waals surface area contributed by atoms with Crippen LogP contribution in [0.15, 0.2) is 24.3 Å². The van der Waals surface area contributed by atoms with Crippen molar-refractivity contribution >= 4 is 24.0 Å². The average molecular weight is 248 g/mol. The first-order valence-electron chi connectivity index (χ1n) is 5.10. The topological polar surface area (TPSA) is 26.0 Å². The number of hydrogen-bond donors (Lipinski definition) is 1. The Balaban J connectivity index is 0.00000196. The van der Waals surface area contributed by atoms with E-state index >= 15 is 0 Å². The van der Waals surface area contributed by atoms with Gasteiger partial charge < -0.3 is 5.73 Å². The van der Waals surface area contributed by atoms with Crippen molar-refractivity contribution in [1.82, 2.24) is 0 Å². The van der Waals surface area contributed by atoms with Crippen molar-refractivity contribution in [3.05, 3.63) is 34.9 Å². The van der Waals surface area contributed by atoms with Gasteiger partial charge in [0.05, 0.1) is 0 Å². The van der Waals surface area contributed by atoms with Crippen LogP contribution in [0, 0.1) is 5.92 Å². The zero-order valence-corrected chi connectivity index (χ0v) is 10.8. The molecule has 86 valence electrons. The van der Waals surface area contributed by atoms with Crippen molar-refractivity contribution in [3.8, 4) is 0 Å². The maximum atomic E-state index is 6.05. The van der Waals surface area contributed by atoms with Crippen molar-refractivity contribution in [3.63, 3.8) is 0 Å². The molecule has 0 saturated carbocycles. The van der Waals surface area contributed by atoms with E-state index in [0.29, 0.717) is 5.92 Å². The van der Waals surface area contributed by atoms with Crippen LogP contribution < -0.4 is 5.73 Å². The van der Waals surface area contributed by atoms with Crippen LogP contribution in [0.4, 0.5) is 0 Å². The van der Waals surface area contributed by atoms with Gasteiger partial charge in [0.15, 0.2) is 0 Å². The molecule has 0 aromatic heterocycles.